The molecule has 2 atom stereocenters. The van der Waals surface area contributed by atoms with Gasteiger partial charge in [-0.05, 0) is 25.1 Å². The van der Waals surface area contributed by atoms with Crippen molar-refractivity contribution in [2.75, 3.05) is 0 Å². The quantitative estimate of drug-likeness (QED) is 0.821. The number of aromatic nitrogens is 1. The molecule has 1 aromatic heterocycles. The first-order valence-corrected chi connectivity index (χ1v) is 5.90. The highest BCUT2D eigenvalue weighted by Gasteiger charge is 2.12. The summed E-state index contributed by atoms with van der Waals surface area (Å²) in [6.07, 6.45) is 0. The van der Waals surface area contributed by atoms with Gasteiger partial charge in [-0.15, -0.1) is 11.6 Å². The number of hydrogen-bond acceptors (Lipinski definition) is 3. The molecule has 15 heavy (non-hydrogen) atoms. The second-order valence-electron chi connectivity index (χ2n) is 3.01. The van der Waals surface area contributed by atoms with Crippen LogP contribution in [-0.2, 0) is 10.8 Å². The zero-order valence-corrected chi connectivity index (χ0v) is 9.39. The van der Waals surface area contributed by atoms with E-state index in [-0.39, 0.29) is 0 Å². The lowest BCUT2D eigenvalue weighted by atomic mass is 10.3. The van der Waals surface area contributed by atoms with Gasteiger partial charge < -0.3 is 4.42 Å². The Balaban J connectivity index is 2.55. The fourth-order valence-corrected chi connectivity index (χ4v) is 2.35. The minimum Gasteiger partial charge on any atom is -0.408 e. The van der Waals surface area contributed by atoms with E-state index in [1.165, 1.54) is 0 Å². The molecule has 0 bridgehead atoms. The molecule has 80 valence electrons. The number of halogens is 1. The highest BCUT2D eigenvalue weighted by Crippen LogP contribution is 2.18. The van der Waals surface area contributed by atoms with Crippen LogP contribution in [0.3, 0.4) is 0 Å². The molecule has 2 rings (SSSR count). The van der Waals surface area contributed by atoms with Crippen molar-refractivity contribution in [1.82, 2.24) is 4.98 Å². The van der Waals surface area contributed by atoms with Crippen molar-refractivity contribution < 1.29 is 8.63 Å². The van der Waals surface area contributed by atoms with Crippen molar-refractivity contribution in [3.8, 4) is 0 Å². The summed E-state index contributed by atoms with van der Waals surface area (Å²) in [6.45, 7) is 1.65. The molecular weight excluding hydrogens is 238 g/mol. The molecule has 0 amide bonds. The van der Waals surface area contributed by atoms with Gasteiger partial charge in [0.05, 0.1) is 16.3 Å². The van der Waals surface area contributed by atoms with Gasteiger partial charge in [0.25, 0.3) is 0 Å². The van der Waals surface area contributed by atoms with Gasteiger partial charge in [0, 0.05) is 4.90 Å². The van der Waals surface area contributed by atoms with Crippen LogP contribution in [-0.4, -0.2) is 13.9 Å². The zero-order chi connectivity index (χ0) is 11.0. The molecule has 6 heteroatoms. The molecule has 0 aliphatic heterocycles. The van der Waals surface area contributed by atoms with Crippen molar-refractivity contribution in [2.24, 2.45) is 0 Å². The van der Waals surface area contributed by atoms with E-state index in [0.29, 0.717) is 16.0 Å². The van der Waals surface area contributed by atoms with E-state index in [4.69, 9.17) is 16.0 Å². The average molecular weight is 246 g/mol. The number of benzene rings is 1. The molecule has 0 saturated carbocycles. The molecule has 0 radical (unpaired) electrons. The van der Waals surface area contributed by atoms with Crippen LogP contribution >= 0.6 is 11.6 Å². The third kappa shape index (κ3) is 1.98. The topological polar surface area (TPSA) is 63.1 Å². The molecule has 0 aliphatic carbocycles. The van der Waals surface area contributed by atoms with Gasteiger partial charge in [-0.3, -0.25) is 9.19 Å². The Kier molecular flexibility index (Phi) is 2.67. The molecule has 1 aromatic carbocycles. The summed E-state index contributed by atoms with van der Waals surface area (Å²) in [5.41, 5.74) is 0.978. The Hall–Kier alpha value is -1.07. The first-order chi connectivity index (χ1) is 7.08. The molecule has 2 aromatic rings. The molecule has 0 saturated heterocycles. The van der Waals surface area contributed by atoms with E-state index in [2.05, 4.69) is 4.98 Å². The fraction of sp³-hybridized carbons (Fsp3) is 0.222. The van der Waals surface area contributed by atoms with Crippen LogP contribution in [0.1, 0.15) is 6.92 Å². The zero-order valence-electron chi connectivity index (χ0n) is 7.82. The molecule has 1 N–H and O–H groups in total. The number of rotatable bonds is 2. The molecule has 0 aliphatic rings. The summed E-state index contributed by atoms with van der Waals surface area (Å²) in [6, 6.07) is 4.86. The molecule has 0 fully saturated rings. The highest BCUT2D eigenvalue weighted by molar-refractivity contribution is 7.87. The highest BCUT2D eigenvalue weighted by atomic mass is 35.5. The fourth-order valence-electron chi connectivity index (χ4n) is 1.24. The van der Waals surface area contributed by atoms with Crippen molar-refractivity contribution >= 4 is 33.5 Å². The lowest BCUT2D eigenvalue weighted by Crippen LogP contribution is -2.02. The number of fused-ring (bicyclic) bond motifs is 1. The number of H-pyrrole nitrogens is 1. The van der Waals surface area contributed by atoms with E-state index in [0.717, 1.165) is 0 Å². The Morgan fingerprint density at radius 2 is 2.27 bits per heavy atom. The monoisotopic (exact) mass is 245 g/mol. The summed E-state index contributed by atoms with van der Waals surface area (Å²) in [7, 11) is -1.29. The van der Waals surface area contributed by atoms with Crippen LogP contribution in [0.25, 0.3) is 11.1 Å². The van der Waals surface area contributed by atoms with Crippen molar-refractivity contribution in [1.29, 1.82) is 0 Å². The third-order valence-electron chi connectivity index (χ3n) is 1.92. The molecule has 1 heterocycles. The smallest absolute Gasteiger partial charge is 0.408 e. The number of hydrogen-bond donors (Lipinski definition) is 1. The maximum absolute atomic E-state index is 11.6. The lowest BCUT2D eigenvalue weighted by molar-refractivity contribution is 0.554. The minimum atomic E-state index is -1.29. The van der Waals surface area contributed by atoms with Gasteiger partial charge in [0.15, 0.2) is 5.58 Å². The van der Waals surface area contributed by atoms with Crippen molar-refractivity contribution in [2.45, 2.75) is 16.5 Å². The van der Waals surface area contributed by atoms with Gasteiger partial charge in [-0.1, -0.05) is 0 Å². The molecule has 0 spiro atoms. The van der Waals surface area contributed by atoms with Gasteiger partial charge in [0.2, 0.25) is 0 Å². The van der Waals surface area contributed by atoms with Crippen LogP contribution in [0, 0.1) is 0 Å². The largest absolute Gasteiger partial charge is 0.417 e. The van der Waals surface area contributed by atoms with Gasteiger partial charge >= 0.3 is 5.76 Å². The second-order valence-corrected chi connectivity index (χ2v) is 5.70. The summed E-state index contributed by atoms with van der Waals surface area (Å²) in [5.74, 6) is -0.521. The van der Waals surface area contributed by atoms with E-state index < -0.39 is 21.3 Å². The number of nitrogens with one attached hydrogen (secondary N) is 1. The lowest BCUT2D eigenvalue weighted by Gasteiger charge is -2.02. The second kappa shape index (κ2) is 3.83. The average Bonchev–Trinajstić information content (AvgIpc) is 2.55. The number of aromatic amines is 1. The maximum Gasteiger partial charge on any atom is 0.417 e. The molecule has 4 nitrogen and oxygen atoms in total. The summed E-state index contributed by atoms with van der Waals surface area (Å²) < 4.78 is 16.0. The van der Waals surface area contributed by atoms with Crippen LogP contribution < -0.4 is 5.76 Å². The van der Waals surface area contributed by atoms with Crippen LogP contribution in [0.4, 0.5) is 0 Å². The normalized spacial score (nSPS) is 15.3. The first-order valence-electron chi connectivity index (χ1n) is 4.25. The van der Waals surface area contributed by atoms with E-state index in [9.17, 15) is 9.00 Å². The summed E-state index contributed by atoms with van der Waals surface area (Å²) >= 11 is 5.72. The summed E-state index contributed by atoms with van der Waals surface area (Å²) in [5, 5.41) is 0. The van der Waals surface area contributed by atoms with Crippen molar-refractivity contribution in [3.63, 3.8) is 0 Å². The third-order valence-corrected chi connectivity index (χ3v) is 3.71. The Morgan fingerprint density at radius 3 is 2.93 bits per heavy atom. The van der Waals surface area contributed by atoms with E-state index in [1.54, 1.807) is 25.1 Å². The van der Waals surface area contributed by atoms with Crippen LogP contribution in [0.2, 0.25) is 0 Å². The first kappa shape index (κ1) is 10.4. The van der Waals surface area contributed by atoms with E-state index in [1.807, 2.05) is 0 Å². The van der Waals surface area contributed by atoms with Crippen molar-refractivity contribution in [3.05, 3.63) is 28.7 Å². The number of alkyl halides is 1. The number of oxazole rings is 1. The maximum atomic E-state index is 11.6. The Labute approximate surface area is 92.7 Å². The SMILES string of the molecule is CC(Cl)S(=O)c1ccc2[nH]c(=O)oc2c1. The summed E-state index contributed by atoms with van der Waals surface area (Å²) in [4.78, 5) is 13.9. The predicted octanol–water partition coefficient (Wildman–Crippen LogP) is 1.81. The van der Waals surface area contributed by atoms with Crippen LogP contribution in [0.5, 0.6) is 0 Å². The predicted molar refractivity (Wildman–Crippen MR) is 58.6 cm³/mol. The van der Waals surface area contributed by atoms with E-state index >= 15 is 0 Å². The van der Waals surface area contributed by atoms with Gasteiger partial charge in [0.1, 0.15) is 4.71 Å². The van der Waals surface area contributed by atoms with Crippen LogP contribution in [0.15, 0.2) is 32.3 Å². The standard InChI is InChI=1S/C9H8ClNO3S/c1-5(10)15(13)6-2-3-7-8(4-6)14-9(12)11-7/h2-5H,1H3,(H,11,12). The van der Waals surface area contributed by atoms with Gasteiger partial charge in [-0.2, -0.15) is 0 Å². The Morgan fingerprint density at radius 1 is 1.53 bits per heavy atom. The Bertz CT molecular complexity index is 572. The van der Waals surface area contributed by atoms with Gasteiger partial charge in [-0.25, -0.2) is 4.79 Å². The molecule has 2 unspecified atom stereocenters. The minimum absolute atomic E-state index is 0.392. The molecular formula is C9H8ClNO3S.